The lowest BCUT2D eigenvalue weighted by atomic mass is 9.91. The summed E-state index contributed by atoms with van der Waals surface area (Å²) in [6.45, 7) is 0.467. The van der Waals surface area contributed by atoms with E-state index in [1.54, 1.807) is 42.5 Å². The van der Waals surface area contributed by atoms with Gasteiger partial charge in [-0.05, 0) is 41.8 Å². The van der Waals surface area contributed by atoms with E-state index in [4.69, 9.17) is 0 Å². The van der Waals surface area contributed by atoms with Crippen molar-refractivity contribution in [2.24, 2.45) is 0 Å². The van der Waals surface area contributed by atoms with Crippen molar-refractivity contribution in [1.82, 2.24) is 9.88 Å². The van der Waals surface area contributed by atoms with Crippen LogP contribution in [-0.4, -0.2) is 39.5 Å². The number of carbonyl (C=O) groups is 3. The number of aldehydes is 1. The summed E-state index contributed by atoms with van der Waals surface area (Å²) in [5.41, 5.74) is 3.37. The number of imide groups is 1. The zero-order valence-corrected chi connectivity index (χ0v) is 16.4. The van der Waals surface area contributed by atoms with Crippen molar-refractivity contribution in [1.29, 1.82) is 0 Å². The first-order valence-electron chi connectivity index (χ1n) is 9.88. The number of hydrogen-bond acceptors (Lipinski definition) is 5. The predicted octanol–water partition coefficient (Wildman–Crippen LogP) is 3.25. The van der Waals surface area contributed by atoms with Crippen molar-refractivity contribution in [2.75, 3.05) is 6.61 Å². The second-order valence-corrected chi connectivity index (χ2v) is 7.49. The molecule has 1 aliphatic heterocycles. The van der Waals surface area contributed by atoms with E-state index in [-0.39, 0.29) is 23.5 Å². The van der Waals surface area contributed by atoms with Gasteiger partial charge in [-0.2, -0.15) is 0 Å². The van der Waals surface area contributed by atoms with Gasteiger partial charge in [0.05, 0.1) is 16.6 Å². The maximum atomic E-state index is 12.9. The number of aliphatic hydroxyl groups excluding tert-OH is 1. The van der Waals surface area contributed by atoms with Crippen molar-refractivity contribution in [3.63, 3.8) is 0 Å². The van der Waals surface area contributed by atoms with Crippen molar-refractivity contribution in [3.05, 3.63) is 65.2 Å². The molecule has 5 rings (SSSR count). The van der Waals surface area contributed by atoms with Crippen LogP contribution < -0.4 is 5.32 Å². The highest BCUT2D eigenvalue weighted by molar-refractivity contribution is 6.32. The highest BCUT2D eigenvalue weighted by Crippen LogP contribution is 2.41. The first-order valence-corrected chi connectivity index (χ1v) is 9.88. The van der Waals surface area contributed by atoms with Crippen LogP contribution in [-0.2, 0) is 6.54 Å². The lowest BCUT2D eigenvalue weighted by Gasteiger charge is -2.12. The molecule has 0 radical (unpaired) electrons. The standard InChI is InChI=1S/C24H18N2O5/c27-9-3-8-26-18-7-6-14(29)10-17(18)20-19(26)11-16(15-5-2-1-4-13(15)12-28)21-22(20)24(31)25-23(21)30/h1-2,4-7,10-12,27,29H,3,8-9H2,(H,25,30,31). The number of nitrogens with zero attached hydrogens (tertiary/aromatic N) is 1. The Kier molecular flexibility index (Phi) is 4.34. The van der Waals surface area contributed by atoms with E-state index in [2.05, 4.69) is 5.32 Å². The van der Waals surface area contributed by atoms with Gasteiger partial charge in [0.15, 0.2) is 6.29 Å². The van der Waals surface area contributed by atoms with Gasteiger partial charge in [0.1, 0.15) is 5.75 Å². The molecule has 0 spiro atoms. The van der Waals surface area contributed by atoms with Crippen LogP contribution in [0.2, 0.25) is 0 Å². The highest BCUT2D eigenvalue weighted by Gasteiger charge is 2.34. The number of carbonyl (C=O) groups excluding carboxylic acids is 3. The summed E-state index contributed by atoms with van der Waals surface area (Å²) in [7, 11) is 0. The largest absolute Gasteiger partial charge is 0.508 e. The van der Waals surface area contributed by atoms with E-state index >= 15 is 0 Å². The summed E-state index contributed by atoms with van der Waals surface area (Å²) in [5, 5.41) is 23.1. The summed E-state index contributed by atoms with van der Waals surface area (Å²) in [5.74, 6) is -0.989. The van der Waals surface area contributed by atoms with E-state index in [0.717, 1.165) is 11.8 Å². The number of nitrogens with one attached hydrogen (secondary N) is 1. The van der Waals surface area contributed by atoms with Crippen molar-refractivity contribution in [2.45, 2.75) is 13.0 Å². The number of aryl methyl sites for hydroxylation is 1. The minimum Gasteiger partial charge on any atom is -0.508 e. The van der Waals surface area contributed by atoms with E-state index in [0.29, 0.717) is 45.9 Å². The van der Waals surface area contributed by atoms with Crippen LogP contribution in [0.5, 0.6) is 5.75 Å². The van der Waals surface area contributed by atoms with Crippen molar-refractivity contribution in [3.8, 4) is 16.9 Å². The Morgan fingerprint density at radius 3 is 2.48 bits per heavy atom. The molecule has 0 saturated heterocycles. The molecule has 0 aliphatic carbocycles. The van der Waals surface area contributed by atoms with Gasteiger partial charge in [0, 0.05) is 35.0 Å². The van der Waals surface area contributed by atoms with Crippen LogP contribution in [0, 0.1) is 0 Å². The molecule has 2 amide bonds. The quantitative estimate of drug-likeness (QED) is 0.343. The van der Waals surface area contributed by atoms with Crippen LogP contribution in [0.4, 0.5) is 0 Å². The summed E-state index contributed by atoms with van der Waals surface area (Å²) >= 11 is 0. The number of hydrogen-bond donors (Lipinski definition) is 3. The first kappa shape index (κ1) is 19.0. The number of phenols is 1. The van der Waals surface area contributed by atoms with Gasteiger partial charge in [0.25, 0.3) is 11.8 Å². The fraction of sp³-hybridized carbons (Fsp3) is 0.125. The first-order chi connectivity index (χ1) is 15.0. The highest BCUT2D eigenvalue weighted by atomic mass is 16.3. The number of benzene rings is 3. The van der Waals surface area contributed by atoms with Gasteiger partial charge in [-0.1, -0.05) is 24.3 Å². The third kappa shape index (κ3) is 2.74. The molecule has 0 unspecified atom stereocenters. The van der Waals surface area contributed by atoms with Gasteiger partial charge in [-0.25, -0.2) is 0 Å². The lowest BCUT2D eigenvalue weighted by Crippen LogP contribution is -2.20. The Morgan fingerprint density at radius 1 is 0.935 bits per heavy atom. The molecule has 3 aromatic carbocycles. The van der Waals surface area contributed by atoms with Gasteiger partial charge in [-0.3, -0.25) is 19.7 Å². The van der Waals surface area contributed by atoms with Gasteiger partial charge in [-0.15, -0.1) is 0 Å². The molecule has 3 N–H and O–H groups in total. The molecule has 4 aromatic rings. The van der Waals surface area contributed by atoms with Gasteiger partial charge in [0.2, 0.25) is 0 Å². The monoisotopic (exact) mass is 414 g/mol. The van der Waals surface area contributed by atoms with Gasteiger partial charge < -0.3 is 14.8 Å². The third-order valence-electron chi connectivity index (χ3n) is 5.74. The van der Waals surface area contributed by atoms with Crippen molar-refractivity contribution >= 4 is 39.9 Å². The third-order valence-corrected chi connectivity index (χ3v) is 5.74. The second-order valence-electron chi connectivity index (χ2n) is 7.49. The number of fused-ring (bicyclic) bond motifs is 5. The number of rotatable bonds is 5. The Morgan fingerprint density at radius 2 is 1.71 bits per heavy atom. The topological polar surface area (TPSA) is 109 Å². The Labute approximate surface area is 176 Å². The SMILES string of the molecule is O=Cc1ccccc1-c1cc2c(c3c1C(=O)NC3=O)c1cc(O)ccc1n2CCCO. The van der Waals surface area contributed by atoms with Crippen LogP contribution >= 0.6 is 0 Å². The average Bonchev–Trinajstić information content (AvgIpc) is 3.24. The van der Waals surface area contributed by atoms with E-state index in [1.165, 1.54) is 0 Å². The number of phenolic OH excluding ortho intramolecular Hbond substituents is 1. The molecule has 1 aliphatic rings. The summed E-state index contributed by atoms with van der Waals surface area (Å²) in [6.07, 6.45) is 1.21. The number of aromatic hydroxyl groups is 1. The lowest BCUT2D eigenvalue weighted by molar-refractivity contribution is 0.0879. The molecule has 2 heterocycles. The fourth-order valence-corrected chi connectivity index (χ4v) is 4.46. The van der Waals surface area contributed by atoms with Gasteiger partial charge >= 0.3 is 0 Å². The Hall–Kier alpha value is -3.97. The molecule has 31 heavy (non-hydrogen) atoms. The van der Waals surface area contributed by atoms with Crippen LogP contribution in [0.3, 0.4) is 0 Å². The number of aliphatic hydroxyl groups is 1. The molecule has 1 aromatic heterocycles. The minimum atomic E-state index is -0.519. The number of amides is 2. The molecule has 7 nitrogen and oxygen atoms in total. The second kappa shape index (κ2) is 7.07. The zero-order chi connectivity index (χ0) is 21.7. The summed E-state index contributed by atoms with van der Waals surface area (Å²) in [4.78, 5) is 37.3. The molecular weight excluding hydrogens is 396 g/mol. The molecule has 0 fully saturated rings. The molecule has 0 atom stereocenters. The molecule has 7 heteroatoms. The molecule has 154 valence electrons. The molecule has 0 bridgehead atoms. The van der Waals surface area contributed by atoms with Crippen LogP contribution in [0.15, 0.2) is 48.5 Å². The molecule has 0 saturated carbocycles. The molecular formula is C24H18N2O5. The summed E-state index contributed by atoms with van der Waals surface area (Å²) < 4.78 is 1.96. The van der Waals surface area contributed by atoms with E-state index < -0.39 is 11.8 Å². The normalized spacial score (nSPS) is 13.1. The summed E-state index contributed by atoms with van der Waals surface area (Å²) in [6, 6.07) is 13.6. The van der Waals surface area contributed by atoms with Crippen LogP contribution in [0.25, 0.3) is 32.9 Å². The van der Waals surface area contributed by atoms with Crippen LogP contribution in [0.1, 0.15) is 37.5 Å². The smallest absolute Gasteiger partial charge is 0.259 e. The van der Waals surface area contributed by atoms with Crippen molar-refractivity contribution < 1.29 is 24.6 Å². The Balaban J connectivity index is 1.98. The zero-order valence-electron chi connectivity index (χ0n) is 16.4. The van der Waals surface area contributed by atoms with E-state index in [9.17, 15) is 24.6 Å². The minimum absolute atomic E-state index is 0.00993. The maximum Gasteiger partial charge on any atom is 0.259 e. The average molecular weight is 414 g/mol. The number of aromatic nitrogens is 1. The Bertz CT molecular complexity index is 1420. The predicted molar refractivity (Wildman–Crippen MR) is 115 cm³/mol. The maximum absolute atomic E-state index is 12.9. The van der Waals surface area contributed by atoms with E-state index in [1.807, 2.05) is 10.6 Å². The fourth-order valence-electron chi connectivity index (χ4n) is 4.46.